The molecule has 1 amide bonds. The summed E-state index contributed by atoms with van der Waals surface area (Å²) in [6.45, 7) is 4.94. The molecular weight excluding hydrogens is 361 g/mol. The number of benzene rings is 1. The van der Waals surface area contributed by atoms with Gasteiger partial charge in [-0.3, -0.25) is 9.59 Å². The van der Waals surface area contributed by atoms with E-state index in [1.807, 2.05) is 11.8 Å². The minimum Gasteiger partial charge on any atom is -0.466 e. The largest absolute Gasteiger partial charge is 0.466 e. The molecule has 1 aromatic carbocycles. The molecule has 0 aromatic heterocycles. The van der Waals surface area contributed by atoms with Crippen molar-refractivity contribution in [2.75, 3.05) is 13.2 Å². The van der Waals surface area contributed by atoms with Crippen molar-refractivity contribution >= 4 is 35.1 Å². The van der Waals surface area contributed by atoms with Crippen LogP contribution in [0.3, 0.4) is 0 Å². The minimum absolute atomic E-state index is 0.0728. The molecule has 1 aliphatic heterocycles. The molecule has 1 saturated heterocycles. The maximum absolute atomic E-state index is 12.8. The van der Waals surface area contributed by atoms with Gasteiger partial charge in [0.15, 0.2) is 0 Å². The lowest BCUT2D eigenvalue weighted by Gasteiger charge is -2.27. The quantitative estimate of drug-likeness (QED) is 0.618. The second-order valence-electron chi connectivity index (χ2n) is 6.33. The van der Waals surface area contributed by atoms with Crippen LogP contribution in [-0.2, 0) is 20.7 Å². The van der Waals surface area contributed by atoms with Crippen molar-refractivity contribution in [3.05, 3.63) is 33.8 Å². The number of esters is 1. The topological polar surface area (TPSA) is 46.6 Å². The standard InChI is InChI=1S/C19H25Cl2NO3/c1-3-14(8-9-18(23)25-4-2)22-11-10-13(19(22)24)12-15-16(20)6-5-7-17(15)21/h5-7,13-14H,3-4,8-12H2,1-2H3. The normalized spacial score (nSPS) is 18.5. The number of likely N-dealkylation sites (tertiary alicyclic amines) is 1. The number of hydrogen-bond donors (Lipinski definition) is 0. The fourth-order valence-corrected chi connectivity index (χ4v) is 3.94. The SMILES string of the molecule is CCOC(=O)CCC(CC)N1CCC(Cc2c(Cl)cccc2Cl)C1=O. The van der Waals surface area contributed by atoms with Gasteiger partial charge in [-0.05, 0) is 50.3 Å². The molecule has 0 bridgehead atoms. The monoisotopic (exact) mass is 385 g/mol. The third-order valence-electron chi connectivity index (χ3n) is 4.76. The van der Waals surface area contributed by atoms with Gasteiger partial charge in [0.1, 0.15) is 0 Å². The summed E-state index contributed by atoms with van der Waals surface area (Å²) in [5, 5.41) is 1.21. The summed E-state index contributed by atoms with van der Waals surface area (Å²) in [7, 11) is 0. The number of nitrogens with zero attached hydrogens (tertiary/aromatic N) is 1. The van der Waals surface area contributed by atoms with Crippen molar-refractivity contribution in [1.82, 2.24) is 4.90 Å². The number of carbonyl (C=O) groups excluding carboxylic acids is 2. The van der Waals surface area contributed by atoms with Crippen LogP contribution in [0.25, 0.3) is 0 Å². The summed E-state index contributed by atoms with van der Waals surface area (Å²) in [6, 6.07) is 5.48. The van der Waals surface area contributed by atoms with Crippen LogP contribution >= 0.6 is 23.2 Å². The highest BCUT2D eigenvalue weighted by Gasteiger charge is 2.35. The zero-order valence-corrected chi connectivity index (χ0v) is 16.3. The van der Waals surface area contributed by atoms with Crippen molar-refractivity contribution in [3.8, 4) is 0 Å². The van der Waals surface area contributed by atoms with Crippen LogP contribution in [-0.4, -0.2) is 36.0 Å². The average Bonchev–Trinajstić information content (AvgIpc) is 2.93. The summed E-state index contributed by atoms with van der Waals surface area (Å²) in [4.78, 5) is 26.3. The fourth-order valence-electron chi connectivity index (χ4n) is 3.39. The number of carbonyl (C=O) groups is 2. The van der Waals surface area contributed by atoms with Gasteiger partial charge >= 0.3 is 5.97 Å². The van der Waals surface area contributed by atoms with E-state index in [4.69, 9.17) is 27.9 Å². The highest BCUT2D eigenvalue weighted by Crippen LogP contribution is 2.32. The number of rotatable bonds is 8. The predicted molar refractivity (Wildman–Crippen MR) is 99.9 cm³/mol. The number of hydrogen-bond acceptors (Lipinski definition) is 3. The molecule has 0 saturated carbocycles. The molecule has 1 fully saturated rings. The van der Waals surface area contributed by atoms with Crippen LogP contribution in [0, 0.1) is 5.92 Å². The van der Waals surface area contributed by atoms with Crippen LogP contribution < -0.4 is 0 Å². The van der Waals surface area contributed by atoms with Gasteiger partial charge in [-0.1, -0.05) is 36.2 Å². The van der Waals surface area contributed by atoms with Gasteiger partial charge < -0.3 is 9.64 Å². The van der Waals surface area contributed by atoms with Crippen LogP contribution in [0.5, 0.6) is 0 Å². The molecule has 1 aliphatic rings. The van der Waals surface area contributed by atoms with E-state index in [1.165, 1.54) is 0 Å². The smallest absolute Gasteiger partial charge is 0.305 e. The molecule has 2 rings (SSSR count). The van der Waals surface area contributed by atoms with Gasteiger partial charge in [-0.2, -0.15) is 0 Å². The average molecular weight is 386 g/mol. The van der Waals surface area contributed by atoms with E-state index in [9.17, 15) is 9.59 Å². The zero-order chi connectivity index (χ0) is 18.4. The Morgan fingerprint density at radius 2 is 2.00 bits per heavy atom. The first kappa shape index (κ1) is 20.1. The third-order valence-corrected chi connectivity index (χ3v) is 5.47. The molecule has 2 atom stereocenters. The highest BCUT2D eigenvalue weighted by molar-refractivity contribution is 6.36. The van der Waals surface area contributed by atoms with Crippen molar-refractivity contribution < 1.29 is 14.3 Å². The maximum atomic E-state index is 12.8. The van der Waals surface area contributed by atoms with E-state index in [0.717, 1.165) is 18.4 Å². The Labute approximate surface area is 159 Å². The lowest BCUT2D eigenvalue weighted by atomic mass is 9.97. The Bertz CT molecular complexity index is 600. The molecule has 0 aliphatic carbocycles. The maximum Gasteiger partial charge on any atom is 0.305 e. The van der Waals surface area contributed by atoms with Crippen LogP contribution in [0.15, 0.2) is 18.2 Å². The van der Waals surface area contributed by atoms with Gasteiger partial charge in [0, 0.05) is 35.0 Å². The second-order valence-corrected chi connectivity index (χ2v) is 7.14. The Hall–Kier alpha value is -1.26. The first-order valence-electron chi connectivity index (χ1n) is 8.86. The van der Waals surface area contributed by atoms with Gasteiger partial charge in [-0.25, -0.2) is 0 Å². The molecular formula is C19H25Cl2NO3. The van der Waals surface area contributed by atoms with Crippen molar-refractivity contribution in [2.45, 2.75) is 52.0 Å². The molecule has 0 spiro atoms. The van der Waals surface area contributed by atoms with E-state index in [1.54, 1.807) is 25.1 Å². The van der Waals surface area contributed by atoms with Gasteiger partial charge in [0.05, 0.1) is 6.61 Å². The van der Waals surface area contributed by atoms with E-state index in [-0.39, 0.29) is 23.8 Å². The van der Waals surface area contributed by atoms with E-state index >= 15 is 0 Å². The molecule has 1 heterocycles. The Kier molecular flexibility index (Phi) is 7.57. The molecule has 25 heavy (non-hydrogen) atoms. The summed E-state index contributed by atoms with van der Waals surface area (Å²) >= 11 is 12.5. The van der Waals surface area contributed by atoms with Gasteiger partial charge in [-0.15, -0.1) is 0 Å². The van der Waals surface area contributed by atoms with E-state index in [2.05, 4.69) is 0 Å². The lowest BCUT2D eigenvalue weighted by molar-refractivity contribution is -0.144. The molecule has 138 valence electrons. The second kappa shape index (κ2) is 9.44. The van der Waals surface area contributed by atoms with Gasteiger partial charge in [0.2, 0.25) is 5.91 Å². The highest BCUT2D eigenvalue weighted by atomic mass is 35.5. The first-order chi connectivity index (χ1) is 12.0. The zero-order valence-electron chi connectivity index (χ0n) is 14.8. The molecule has 0 N–H and O–H groups in total. The van der Waals surface area contributed by atoms with E-state index in [0.29, 0.717) is 42.5 Å². The van der Waals surface area contributed by atoms with Crippen LogP contribution in [0.2, 0.25) is 10.0 Å². The molecule has 1 aromatic rings. The number of halogens is 2. The summed E-state index contributed by atoms with van der Waals surface area (Å²) in [5.41, 5.74) is 0.839. The summed E-state index contributed by atoms with van der Waals surface area (Å²) < 4.78 is 4.98. The summed E-state index contributed by atoms with van der Waals surface area (Å²) in [6.07, 6.45) is 3.15. The Balaban J connectivity index is 1.98. The minimum atomic E-state index is -0.202. The third kappa shape index (κ3) is 5.11. The first-order valence-corrected chi connectivity index (χ1v) is 9.62. The molecule has 6 heteroatoms. The Morgan fingerprint density at radius 1 is 1.32 bits per heavy atom. The fraction of sp³-hybridized carbons (Fsp3) is 0.579. The van der Waals surface area contributed by atoms with Crippen LogP contribution in [0.1, 0.15) is 45.1 Å². The molecule has 0 radical (unpaired) electrons. The summed E-state index contributed by atoms with van der Waals surface area (Å²) in [5.74, 6) is -0.173. The molecule has 2 unspecified atom stereocenters. The van der Waals surface area contributed by atoms with Crippen molar-refractivity contribution in [1.29, 1.82) is 0 Å². The van der Waals surface area contributed by atoms with Crippen molar-refractivity contribution in [2.24, 2.45) is 5.92 Å². The predicted octanol–water partition coefficient (Wildman–Crippen LogP) is 4.51. The van der Waals surface area contributed by atoms with Crippen LogP contribution in [0.4, 0.5) is 0 Å². The number of ether oxygens (including phenoxy) is 1. The molecule has 4 nitrogen and oxygen atoms in total. The lowest BCUT2D eigenvalue weighted by Crippen LogP contribution is -2.38. The number of amides is 1. The van der Waals surface area contributed by atoms with E-state index < -0.39 is 0 Å². The van der Waals surface area contributed by atoms with Gasteiger partial charge in [0.25, 0.3) is 0 Å². The van der Waals surface area contributed by atoms with Crippen molar-refractivity contribution in [3.63, 3.8) is 0 Å². The Morgan fingerprint density at radius 3 is 2.60 bits per heavy atom.